The molecule has 0 aliphatic carbocycles. The lowest BCUT2D eigenvalue weighted by molar-refractivity contribution is -0.141. The van der Waals surface area contributed by atoms with Crippen LogP contribution < -0.4 is 14.8 Å². The van der Waals surface area contributed by atoms with E-state index in [1.807, 2.05) is 82.8 Å². The van der Waals surface area contributed by atoms with Crippen LogP contribution in [-0.2, 0) is 45.0 Å². The quantitative estimate of drug-likeness (QED) is 0.112. The van der Waals surface area contributed by atoms with Gasteiger partial charge >= 0.3 is 17.9 Å². The predicted octanol–water partition coefficient (Wildman–Crippen LogP) is 9.65. The highest BCUT2D eigenvalue weighted by Crippen LogP contribution is 2.35. The van der Waals surface area contributed by atoms with Crippen LogP contribution in [0.2, 0.25) is 0 Å². The van der Waals surface area contributed by atoms with Crippen LogP contribution in [0.15, 0.2) is 97.3 Å². The average Bonchev–Trinajstić information content (AvgIpc) is 3.38. The number of aromatic carboxylic acids is 1. The molecule has 0 saturated carbocycles. The van der Waals surface area contributed by atoms with Crippen LogP contribution >= 0.6 is 0 Å². The SMILES string of the molecule is COC(=O)CC(c1ccc2c(c1)CN(C(=O)c1ccc(C)c(C)c1)CC2)c1cnc(OC)cc1C.COC(=O)CC(c1ccc2c(c1)CNCC2)c1cnc(OC)cc1C.Cc1ccc(C(=O)O)cc1C. The second-order valence-electron chi connectivity index (χ2n) is 18.2. The summed E-state index contributed by atoms with van der Waals surface area (Å²) in [5, 5.41) is 12.0. The molecule has 0 fully saturated rings. The lowest BCUT2D eigenvalue weighted by Crippen LogP contribution is -2.36. The van der Waals surface area contributed by atoms with Gasteiger partial charge in [-0.15, -0.1) is 0 Å². The first kappa shape index (κ1) is 53.0. The molecule has 0 bridgehead atoms. The fourth-order valence-corrected chi connectivity index (χ4v) is 8.96. The minimum Gasteiger partial charge on any atom is -0.481 e. The zero-order valence-electron chi connectivity index (χ0n) is 42.6. The van der Waals surface area contributed by atoms with Crippen molar-refractivity contribution in [3.05, 3.63) is 186 Å². The Morgan fingerprint density at radius 2 is 1.07 bits per heavy atom. The first-order valence-electron chi connectivity index (χ1n) is 23.8. The molecular weight excluding hydrogens is 897 g/mol. The molecule has 372 valence electrons. The maximum Gasteiger partial charge on any atom is 0.335 e. The van der Waals surface area contributed by atoms with Gasteiger partial charge in [0.05, 0.1) is 46.8 Å². The average molecular weight is 963 g/mol. The van der Waals surface area contributed by atoms with Gasteiger partial charge in [-0.3, -0.25) is 14.4 Å². The number of fused-ring (bicyclic) bond motifs is 2. The summed E-state index contributed by atoms with van der Waals surface area (Å²) in [4.78, 5) is 58.7. The molecule has 4 aromatic carbocycles. The monoisotopic (exact) mass is 962 g/mol. The van der Waals surface area contributed by atoms with E-state index in [0.29, 0.717) is 30.4 Å². The third kappa shape index (κ3) is 13.5. The number of nitrogens with zero attached hydrogens (tertiary/aromatic N) is 3. The van der Waals surface area contributed by atoms with Crippen molar-refractivity contribution in [2.24, 2.45) is 0 Å². The minimum atomic E-state index is -0.867. The van der Waals surface area contributed by atoms with Crippen molar-refractivity contribution in [2.75, 3.05) is 41.5 Å². The Morgan fingerprint density at radius 1 is 0.577 bits per heavy atom. The highest BCUT2D eigenvalue weighted by molar-refractivity contribution is 5.94. The molecule has 2 aliphatic heterocycles. The smallest absolute Gasteiger partial charge is 0.335 e. The van der Waals surface area contributed by atoms with Gasteiger partial charge in [-0.2, -0.15) is 0 Å². The van der Waals surface area contributed by atoms with Crippen molar-refractivity contribution in [3.63, 3.8) is 0 Å². The molecule has 0 spiro atoms. The number of benzene rings is 4. The predicted molar refractivity (Wildman–Crippen MR) is 274 cm³/mol. The number of amides is 1. The van der Waals surface area contributed by atoms with Gasteiger partial charge in [0.15, 0.2) is 0 Å². The van der Waals surface area contributed by atoms with Gasteiger partial charge in [-0.25, -0.2) is 14.8 Å². The maximum atomic E-state index is 13.2. The molecule has 2 aromatic heterocycles. The van der Waals surface area contributed by atoms with Crippen molar-refractivity contribution in [1.82, 2.24) is 20.2 Å². The largest absolute Gasteiger partial charge is 0.481 e. The molecular formula is C58H66N4O9. The molecule has 2 aliphatic rings. The number of esters is 2. The molecule has 1 amide bonds. The van der Waals surface area contributed by atoms with Gasteiger partial charge in [-0.05, 0) is 163 Å². The summed E-state index contributed by atoms with van der Waals surface area (Å²) < 4.78 is 20.4. The van der Waals surface area contributed by atoms with Crippen molar-refractivity contribution in [3.8, 4) is 11.8 Å². The fourth-order valence-electron chi connectivity index (χ4n) is 8.96. The number of nitrogens with one attached hydrogen (secondary N) is 1. The Hall–Kier alpha value is -7.38. The number of methoxy groups -OCH3 is 4. The van der Waals surface area contributed by atoms with Crippen LogP contribution in [0.4, 0.5) is 0 Å². The molecule has 0 radical (unpaired) electrons. The molecule has 8 rings (SSSR count). The van der Waals surface area contributed by atoms with E-state index in [9.17, 15) is 19.2 Å². The van der Waals surface area contributed by atoms with Crippen molar-refractivity contribution in [1.29, 1.82) is 0 Å². The van der Waals surface area contributed by atoms with Gasteiger partial charge in [0.2, 0.25) is 11.8 Å². The summed E-state index contributed by atoms with van der Waals surface area (Å²) >= 11 is 0. The Kier molecular flexibility index (Phi) is 18.2. The van der Waals surface area contributed by atoms with Crippen molar-refractivity contribution >= 4 is 23.8 Å². The number of pyridine rings is 2. The highest BCUT2D eigenvalue weighted by atomic mass is 16.5. The summed E-state index contributed by atoms with van der Waals surface area (Å²) in [5.74, 6) is -0.513. The van der Waals surface area contributed by atoms with Gasteiger partial charge in [0.25, 0.3) is 5.91 Å². The van der Waals surface area contributed by atoms with Crippen LogP contribution in [0.25, 0.3) is 0 Å². The number of hydrogen-bond acceptors (Lipinski definition) is 11. The normalized spacial score (nSPS) is 13.4. The third-order valence-corrected chi connectivity index (χ3v) is 13.6. The van der Waals surface area contributed by atoms with Gasteiger partial charge in [0, 0.05) is 61.6 Å². The first-order chi connectivity index (χ1) is 34.0. The number of hydrogen-bond donors (Lipinski definition) is 2. The summed E-state index contributed by atoms with van der Waals surface area (Å²) in [6.45, 7) is 15.1. The lowest BCUT2D eigenvalue weighted by atomic mass is 9.84. The van der Waals surface area contributed by atoms with Gasteiger partial charge in [0.1, 0.15) is 0 Å². The number of rotatable bonds is 12. The zero-order chi connectivity index (χ0) is 51.4. The number of aryl methyl sites for hydroxylation is 6. The van der Waals surface area contributed by atoms with Crippen LogP contribution in [0.3, 0.4) is 0 Å². The summed E-state index contributed by atoms with van der Waals surface area (Å²) in [5.41, 5.74) is 16.7. The minimum absolute atomic E-state index is 0.0467. The Morgan fingerprint density at radius 3 is 1.55 bits per heavy atom. The van der Waals surface area contributed by atoms with E-state index in [0.717, 1.165) is 87.1 Å². The second-order valence-corrected chi connectivity index (χ2v) is 18.2. The molecule has 2 N–H and O–H groups in total. The number of carboxylic acid groups (broad SMARTS) is 1. The molecule has 4 heterocycles. The van der Waals surface area contributed by atoms with Gasteiger partial charge in [-0.1, -0.05) is 48.5 Å². The van der Waals surface area contributed by atoms with Crippen LogP contribution in [0.5, 0.6) is 11.8 Å². The Labute approximate surface area is 417 Å². The van der Waals surface area contributed by atoms with E-state index in [2.05, 4.69) is 51.7 Å². The van der Waals surface area contributed by atoms with E-state index in [4.69, 9.17) is 24.1 Å². The molecule has 13 heteroatoms. The van der Waals surface area contributed by atoms with Crippen LogP contribution in [-0.4, -0.2) is 85.3 Å². The first-order valence-corrected chi connectivity index (χ1v) is 23.8. The number of aromatic nitrogens is 2. The zero-order valence-corrected chi connectivity index (χ0v) is 42.6. The van der Waals surface area contributed by atoms with Crippen LogP contribution in [0, 0.1) is 41.5 Å². The second kappa shape index (κ2) is 24.4. The van der Waals surface area contributed by atoms with Gasteiger partial charge < -0.3 is 34.3 Å². The number of ether oxygens (including phenoxy) is 4. The van der Waals surface area contributed by atoms with Crippen molar-refractivity contribution in [2.45, 2.75) is 92.2 Å². The van der Waals surface area contributed by atoms with E-state index in [-0.39, 0.29) is 42.5 Å². The number of carboxylic acids is 1. The molecule has 13 nitrogen and oxygen atoms in total. The number of carbonyl (C=O) groups excluding carboxylic acids is 3. The summed E-state index contributed by atoms with van der Waals surface area (Å²) in [6, 6.07) is 27.6. The third-order valence-electron chi connectivity index (χ3n) is 13.6. The van der Waals surface area contributed by atoms with E-state index < -0.39 is 5.97 Å². The molecule has 2 atom stereocenters. The fraction of sp³-hybridized carbons (Fsp3) is 0.345. The van der Waals surface area contributed by atoms with E-state index >= 15 is 0 Å². The summed E-state index contributed by atoms with van der Waals surface area (Å²) in [6.07, 6.45) is 5.92. The molecule has 2 unspecified atom stereocenters. The van der Waals surface area contributed by atoms with Crippen molar-refractivity contribution < 1.29 is 43.2 Å². The Bertz CT molecular complexity index is 2890. The van der Waals surface area contributed by atoms with E-state index in [1.54, 1.807) is 38.7 Å². The molecule has 0 saturated heterocycles. The number of carbonyl (C=O) groups is 4. The highest BCUT2D eigenvalue weighted by Gasteiger charge is 2.27. The summed E-state index contributed by atoms with van der Waals surface area (Å²) in [7, 11) is 6.02. The topological polar surface area (TPSA) is 166 Å². The standard InChI is InChI=1S/C29H32N2O4.C20H24N2O3.C9H10O2/c1-18-6-7-23(12-19(18)2)29(33)31-11-10-21-8-9-22(14-24(21)17-31)25(15-28(32)35-5)26-16-30-27(34-4)13-20(26)3;1-13-8-19(24-2)22-12-18(13)17(10-20(23)25-3)15-5-4-14-6-7-21-11-16(14)9-15;1-6-3-4-8(9(10)11)5-7(6)2/h6-9,12-14,16,25H,10-11,15,17H2,1-5H3;4-5,8-9,12,17,21H,6-7,10-11H2,1-3H3;3-5H,1-2H3,(H,10,11). The maximum absolute atomic E-state index is 13.2. The van der Waals surface area contributed by atoms with E-state index in [1.165, 1.54) is 36.5 Å². The molecule has 71 heavy (non-hydrogen) atoms. The lowest BCUT2D eigenvalue weighted by Gasteiger charge is -2.30. The molecule has 6 aromatic rings. The Balaban J connectivity index is 0.000000198. The van der Waals surface area contributed by atoms with Crippen LogP contribution in [0.1, 0.15) is 123 Å².